The summed E-state index contributed by atoms with van der Waals surface area (Å²) in [7, 11) is 5.76. The maximum absolute atomic E-state index is 12.2. The molecule has 0 radical (unpaired) electrons. The van der Waals surface area contributed by atoms with Gasteiger partial charge < -0.3 is 20.2 Å². The van der Waals surface area contributed by atoms with Crippen LogP contribution in [0.4, 0.5) is 4.79 Å². The SMILES string of the molecule is Cc1ccc(C(CNC(=O)N(C)CC(O)C2CC2)N(C)C)cc1. The summed E-state index contributed by atoms with van der Waals surface area (Å²) in [5, 5.41) is 12.9. The highest BCUT2D eigenvalue weighted by Gasteiger charge is 2.31. The Hall–Kier alpha value is -1.59. The van der Waals surface area contributed by atoms with E-state index in [9.17, 15) is 9.90 Å². The lowest BCUT2D eigenvalue weighted by Gasteiger charge is -2.27. The third-order valence-corrected chi connectivity index (χ3v) is 4.51. The number of carbonyl (C=O) groups excluding carboxylic acids is 1. The van der Waals surface area contributed by atoms with Crippen LogP contribution in [-0.4, -0.2) is 61.3 Å². The molecule has 2 N–H and O–H groups in total. The second-order valence-corrected chi connectivity index (χ2v) is 6.86. The maximum atomic E-state index is 12.2. The van der Waals surface area contributed by atoms with Gasteiger partial charge in [0.25, 0.3) is 0 Å². The summed E-state index contributed by atoms with van der Waals surface area (Å²) in [5.74, 6) is 0.382. The van der Waals surface area contributed by atoms with Crippen molar-refractivity contribution in [3.8, 4) is 0 Å². The Kier molecular flexibility index (Phi) is 6.02. The molecule has 0 saturated heterocycles. The predicted molar refractivity (Wildman–Crippen MR) is 92.4 cm³/mol. The molecule has 0 aliphatic heterocycles. The molecule has 1 fully saturated rings. The Bertz CT molecular complexity index is 512. The van der Waals surface area contributed by atoms with E-state index < -0.39 is 6.10 Å². The fourth-order valence-electron chi connectivity index (χ4n) is 2.70. The van der Waals surface area contributed by atoms with Gasteiger partial charge >= 0.3 is 6.03 Å². The highest BCUT2D eigenvalue weighted by Crippen LogP contribution is 2.32. The van der Waals surface area contributed by atoms with Crippen LogP contribution in [0.15, 0.2) is 24.3 Å². The van der Waals surface area contributed by atoms with Crippen LogP contribution >= 0.6 is 0 Å². The molecular formula is C18H29N3O2. The summed E-state index contributed by atoms with van der Waals surface area (Å²) in [4.78, 5) is 15.9. The number of carbonyl (C=O) groups is 1. The van der Waals surface area contributed by atoms with Gasteiger partial charge in [0.2, 0.25) is 0 Å². The van der Waals surface area contributed by atoms with E-state index in [1.165, 1.54) is 11.1 Å². The molecule has 0 spiro atoms. The molecule has 2 rings (SSSR count). The van der Waals surface area contributed by atoms with Gasteiger partial charge in [-0.15, -0.1) is 0 Å². The van der Waals surface area contributed by atoms with Crippen molar-refractivity contribution < 1.29 is 9.90 Å². The van der Waals surface area contributed by atoms with E-state index in [0.717, 1.165) is 12.8 Å². The molecule has 1 aromatic carbocycles. The zero-order chi connectivity index (χ0) is 17.0. The summed E-state index contributed by atoms with van der Waals surface area (Å²) in [6.45, 7) is 3.00. The molecule has 1 aliphatic rings. The van der Waals surface area contributed by atoms with Gasteiger partial charge in [-0.2, -0.15) is 0 Å². The fourth-order valence-corrected chi connectivity index (χ4v) is 2.70. The number of urea groups is 1. The van der Waals surface area contributed by atoms with Gasteiger partial charge in [-0.1, -0.05) is 29.8 Å². The molecule has 2 amide bonds. The van der Waals surface area contributed by atoms with Crippen LogP contribution in [0.2, 0.25) is 0 Å². The number of hydrogen-bond acceptors (Lipinski definition) is 3. The third kappa shape index (κ3) is 5.22. The second kappa shape index (κ2) is 7.79. The van der Waals surface area contributed by atoms with Crippen molar-refractivity contribution in [3.63, 3.8) is 0 Å². The summed E-state index contributed by atoms with van der Waals surface area (Å²) >= 11 is 0. The maximum Gasteiger partial charge on any atom is 0.317 e. The Morgan fingerprint density at radius 1 is 1.26 bits per heavy atom. The van der Waals surface area contributed by atoms with Gasteiger partial charge in [0, 0.05) is 20.1 Å². The number of aliphatic hydroxyl groups is 1. The first-order valence-electron chi connectivity index (χ1n) is 8.28. The van der Waals surface area contributed by atoms with Crippen molar-refractivity contribution in [1.29, 1.82) is 0 Å². The molecule has 0 bridgehead atoms. The first-order chi connectivity index (χ1) is 10.9. The molecule has 1 aliphatic carbocycles. The third-order valence-electron chi connectivity index (χ3n) is 4.51. The Labute approximate surface area is 139 Å². The van der Waals surface area contributed by atoms with Gasteiger partial charge in [0.05, 0.1) is 12.1 Å². The molecule has 23 heavy (non-hydrogen) atoms. The lowest BCUT2D eigenvalue weighted by molar-refractivity contribution is 0.113. The van der Waals surface area contributed by atoms with E-state index in [1.807, 2.05) is 14.1 Å². The predicted octanol–water partition coefficient (Wildman–Crippen LogP) is 2.01. The molecule has 128 valence electrons. The van der Waals surface area contributed by atoms with Crippen LogP contribution in [0.3, 0.4) is 0 Å². The number of aliphatic hydroxyl groups excluding tert-OH is 1. The molecule has 1 aromatic rings. The van der Waals surface area contributed by atoms with Crippen LogP contribution in [0, 0.1) is 12.8 Å². The van der Waals surface area contributed by atoms with Crippen molar-refractivity contribution in [1.82, 2.24) is 15.1 Å². The van der Waals surface area contributed by atoms with Crippen molar-refractivity contribution >= 4 is 6.03 Å². The van der Waals surface area contributed by atoms with Gasteiger partial charge in [0.15, 0.2) is 0 Å². The molecule has 0 heterocycles. The fraction of sp³-hybridized carbons (Fsp3) is 0.611. The average molecular weight is 319 g/mol. The van der Waals surface area contributed by atoms with Gasteiger partial charge in [0.1, 0.15) is 0 Å². The van der Waals surface area contributed by atoms with E-state index in [4.69, 9.17) is 0 Å². The number of hydrogen-bond donors (Lipinski definition) is 2. The summed E-state index contributed by atoms with van der Waals surface area (Å²) in [6, 6.07) is 8.38. The van der Waals surface area contributed by atoms with E-state index in [1.54, 1.807) is 11.9 Å². The molecule has 2 atom stereocenters. The van der Waals surface area contributed by atoms with Crippen molar-refractivity contribution in [2.24, 2.45) is 5.92 Å². The van der Waals surface area contributed by atoms with Crippen molar-refractivity contribution in [3.05, 3.63) is 35.4 Å². The van der Waals surface area contributed by atoms with Crippen LogP contribution in [-0.2, 0) is 0 Å². The van der Waals surface area contributed by atoms with Crippen LogP contribution < -0.4 is 5.32 Å². The molecule has 1 saturated carbocycles. The molecule has 0 aromatic heterocycles. The van der Waals surface area contributed by atoms with E-state index in [2.05, 4.69) is 41.4 Å². The minimum atomic E-state index is -0.396. The normalized spacial score (nSPS) is 17.0. The van der Waals surface area contributed by atoms with Crippen molar-refractivity contribution in [2.45, 2.75) is 31.9 Å². The number of amides is 2. The van der Waals surface area contributed by atoms with Gasteiger partial charge in [-0.05, 0) is 45.3 Å². The van der Waals surface area contributed by atoms with E-state index in [0.29, 0.717) is 19.0 Å². The zero-order valence-electron chi connectivity index (χ0n) is 14.6. The Morgan fingerprint density at radius 2 is 1.87 bits per heavy atom. The minimum absolute atomic E-state index is 0.126. The molecular weight excluding hydrogens is 290 g/mol. The highest BCUT2D eigenvalue weighted by atomic mass is 16.3. The smallest absolute Gasteiger partial charge is 0.317 e. The monoisotopic (exact) mass is 319 g/mol. The summed E-state index contributed by atoms with van der Waals surface area (Å²) in [6.07, 6.45) is 1.76. The zero-order valence-corrected chi connectivity index (χ0v) is 14.6. The summed E-state index contributed by atoms with van der Waals surface area (Å²) < 4.78 is 0. The average Bonchev–Trinajstić information content (AvgIpc) is 3.33. The topological polar surface area (TPSA) is 55.8 Å². The van der Waals surface area contributed by atoms with E-state index in [-0.39, 0.29) is 12.1 Å². The quantitative estimate of drug-likeness (QED) is 0.808. The number of aryl methyl sites for hydroxylation is 1. The standard InChI is InChI=1S/C18H29N3O2/c1-13-5-7-14(8-6-13)16(20(2)3)11-19-18(23)21(4)12-17(22)15-9-10-15/h5-8,15-17,22H,9-12H2,1-4H3,(H,19,23). The van der Waals surface area contributed by atoms with E-state index >= 15 is 0 Å². The van der Waals surface area contributed by atoms with Crippen LogP contribution in [0.25, 0.3) is 0 Å². The number of nitrogens with one attached hydrogen (secondary N) is 1. The number of rotatable bonds is 7. The Balaban J connectivity index is 1.87. The first kappa shape index (κ1) is 17.8. The molecule has 5 nitrogen and oxygen atoms in total. The lowest BCUT2D eigenvalue weighted by atomic mass is 10.0. The molecule has 5 heteroatoms. The van der Waals surface area contributed by atoms with Crippen LogP contribution in [0.5, 0.6) is 0 Å². The number of nitrogens with zero attached hydrogens (tertiary/aromatic N) is 2. The number of benzene rings is 1. The second-order valence-electron chi connectivity index (χ2n) is 6.86. The number of likely N-dealkylation sites (N-methyl/N-ethyl adjacent to an activating group) is 2. The lowest BCUT2D eigenvalue weighted by Crippen LogP contribution is -2.44. The van der Waals surface area contributed by atoms with Crippen molar-refractivity contribution in [2.75, 3.05) is 34.2 Å². The highest BCUT2D eigenvalue weighted by molar-refractivity contribution is 5.73. The van der Waals surface area contributed by atoms with Gasteiger partial charge in [-0.25, -0.2) is 4.79 Å². The summed E-state index contributed by atoms with van der Waals surface area (Å²) in [5.41, 5.74) is 2.41. The molecule has 2 unspecified atom stereocenters. The van der Waals surface area contributed by atoms with Crippen LogP contribution in [0.1, 0.15) is 30.0 Å². The largest absolute Gasteiger partial charge is 0.391 e. The first-order valence-corrected chi connectivity index (χ1v) is 8.28. The minimum Gasteiger partial charge on any atom is -0.391 e. The Morgan fingerprint density at radius 3 is 2.39 bits per heavy atom. The van der Waals surface area contributed by atoms with Gasteiger partial charge in [-0.3, -0.25) is 0 Å².